The smallest absolute Gasteiger partial charge is 0.101 e. The molecule has 1 N–H and O–H groups in total. The molecule has 0 spiro atoms. The topological polar surface area (TPSA) is 45.5 Å². The highest BCUT2D eigenvalue weighted by Crippen LogP contribution is 2.05. The van der Waals surface area contributed by atoms with Crippen LogP contribution in [0.5, 0.6) is 0 Å². The first-order valence-corrected chi connectivity index (χ1v) is 4.12. The van der Waals surface area contributed by atoms with Gasteiger partial charge in [-0.05, 0) is 41.6 Å². The van der Waals surface area contributed by atoms with Crippen LogP contribution in [0.2, 0.25) is 0 Å². The molecule has 4 heteroatoms. The molecule has 0 saturated heterocycles. The molecule has 1 aromatic heterocycles. The van der Waals surface area contributed by atoms with Gasteiger partial charge in [-0.1, -0.05) is 5.16 Å². The maximum absolute atomic E-state index is 8.25. The minimum Gasteiger partial charge on any atom is -0.411 e. The molecule has 3 nitrogen and oxygen atoms in total. The Morgan fingerprint density at radius 1 is 1.64 bits per heavy atom. The molecule has 0 unspecified atom stereocenters. The van der Waals surface area contributed by atoms with E-state index < -0.39 is 0 Å². The molecule has 1 heterocycles. The van der Waals surface area contributed by atoms with E-state index in [4.69, 9.17) is 5.21 Å². The lowest BCUT2D eigenvalue weighted by Gasteiger charge is -1.97. The van der Waals surface area contributed by atoms with Crippen LogP contribution in [0.3, 0.4) is 0 Å². The van der Waals surface area contributed by atoms with Crippen molar-refractivity contribution in [3.8, 4) is 0 Å². The molecule has 0 bridgehead atoms. The molecule has 0 amide bonds. The van der Waals surface area contributed by atoms with E-state index in [0.29, 0.717) is 0 Å². The van der Waals surface area contributed by atoms with Gasteiger partial charge in [0.05, 0.1) is 6.21 Å². The molecular weight excluding hydrogens is 255 g/mol. The summed E-state index contributed by atoms with van der Waals surface area (Å²) in [6.07, 6.45) is 1.37. The van der Waals surface area contributed by atoms with Crippen molar-refractivity contribution < 1.29 is 5.21 Å². The average Bonchev–Trinajstić information content (AvgIpc) is 1.95. The van der Waals surface area contributed by atoms with Crippen molar-refractivity contribution in [1.82, 2.24) is 4.98 Å². The van der Waals surface area contributed by atoms with Crippen LogP contribution in [-0.2, 0) is 0 Å². The molecule has 0 aliphatic rings. The molecule has 0 atom stereocenters. The van der Waals surface area contributed by atoms with Crippen LogP contribution in [-0.4, -0.2) is 16.4 Å². The zero-order valence-corrected chi connectivity index (χ0v) is 8.11. The van der Waals surface area contributed by atoms with Crippen LogP contribution >= 0.6 is 22.6 Å². The highest BCUT2D eigenvalue weighted by molar-refractivity contribution is 14.1. The summed E-state index contributed by atoms with van der Waals surface area (Å²) in [4.78, 5) is 4.18. The van der Waals surface area contributed by atoms with Gasteiger partial charge in [0.25, 0.3) is 0 Å². The van der Waals surface area contributed by atoms with Crippen LogP contribution in [0.25, 0.3) is 0 Å². The molecular formula is C7H7IN2O. The van der Waals surface area contributed by atoms with Gasteiger partial charge in [-0.3, -0.25) is 0 Å². The molecule has 0 aliphatic carbocycles. The number of rotatable bonds is 1. The fourth-order valence-electron chi connectivity index (χ4n) is 0.740. The van der Waals surface area contributed by atoms with Crippen molar-refractivity contribution in [1.29, 1.82) is 0 Å². The van der Waals surface area contributed by atoms with E-state index >= 15 is 0 Å². The number of pyridine rings is 1. The third kappa shape index (κ3) is 2.14. The molecule has 11 heavy (non-hydrogen) atoms. The van der Waals surface area contributed by atoms with Gasteiger partial charge in [-0.25, -0.2) is 4.98 Å². The fraction of sp³-hybridized carbons (Fsp3) is 0.143. The Kier molecular flexibility index (Phi) is 2.81. The number of oxime groups is 1. The number of hydrogen-bond acceptors (Lipinski definition) is 3. The van der Waals surface area contributed by atoms with Gasteiger partial charge in [0.15, 0.2) is 0 Å². The molecule has 0 fully saturated rings. The van der Waals surface area contributed by atoms with Gasteiger partial charge in [0, 0.05) is 11.3 Å². The van der Waals surface area contributed by atoms with Gasteiger partial charge >= 0.3 is 0 Å². The van der Waals surface area contributed by atoms with E-state index in [2.05, 4.69) is 32.7 Å². The zero-order chi connectivity index (χ0) is 8.27. The van der Waals surface area contributed by atoms with E-state index in [0.717, 1.165) is 15.0 Å². The van der Waals surface area contributed by atoms with Crippen molar-refractivity contribution in [2.45, 2.75) is 6.92 Å². The van der Waals surface area contributed by atoms with Crippen molar-refractivity contribution in [2.75, 3.05) is 0 Å². The van der Waals surface area contributed by atoms with Crippen molar-refractivity contribution in [3.05, 3.63) is 27.1 Å². The van der Waals surface area contributed by atoms with Crippen LogP contribution in [0, 0.1) is 10.6 Å². The predicted molar refractivity (Wildman–Crippen MR) is 51.1 cm³/mol. The van der Waals surface area contributed by atoms with Crippen LogP contribution in [0.1, 0.15) is 11.3 Å². The second-order valence-corrected chi connectivity index (χ2v) is 3.16. The minimum atomic E-state index is 0.841. The van der Waals surface area contributed by atoms with E-state index in [9.17, 15) is 0 Å². The second-order valence-electron chi connectivity index (χ2n) is 2.05. The third-order valence-corrected chi connectivity index (χ3v) is 1.89. The van der Waals surface area contributed by atoms with Gasteiger partial charge in [0.2, 0.25) is 0 Å². The molecule has 0 aliphatic heterocycles. The minimum absolute atomic E-state index is 0.841. The lowest BCUT2D eigenvalue weighted by Crippen LogP contribution is -1.92. The SMILES string of the molecule is Cc1nc(I)ccc1/C=N\O. The molecule has 58 valence electrons. The normalized spacial score (nSPS) is 10.7. The number of hydrogen-bond donors (Lipinski definition) is 1. The largest absolute Gasteiger partial charge is 0.411 e. The van der Waals surface area contributed by atoms with Gasteiger partial charge in [-0.15, -0.1) is 0 Å². The second kappa shape index (κ2) is 3.66. The van der Waals surface area contributed by atoms with E-state index in [-0.39, 0.29) is 0 Å². The number of aromatic nitrogens is 1. The van der Waals surface area contributed by atoms with E-state index in [1.165, 1.54) is 6.21 Å². The first kappa shape index (κ1) is 8.45. The van der Waals surface area contributed by atoms with E-state index in [1.807, 2.05) is 19.1 Å². The van der Waals surface area contributed by atoms with Gasteiger partial charge in [-0.2, -0.15) is 0 Å². The van der Waals surface area contributed by atoms with E-state index in [1.54, 1.807) is 0 Å². The summed E-state index contributed by atoms with van der Waals surface area (Å²) in [6.45, 7) is 1.87. The van der Waals surface area contributed by atoms with Crippen LogP contribution in [0.4, 0.5) is 0 Å². The van der Waals surface area contributed by atoms with Crippen LogP contribution in [0.15, 0.2) is 17.3 Å². The Balaban J connectivity index is 3.09. The van der Waals surface area contributed by atoms with Gasteiger partial charge < -0.3 is 5.21 Å². The Hall–Kier alpha value is -0.650. The summed E-state index contributed by atoms with van der Waals surface area (Å²) < 4.78 is 0.940. The lowest BCUT2D eigenvalue weighted by molar-refractivity contribution is 0.322. The van der Waals surface area contributed by atoms with Crippen LogP contribution < -0.4 is 0 Å². The first-order chi connectivity index (χ1) is 5.24. The molecule has 0 radical (unpaired) electrons. The summed E-state index contributed by atoms with van der Waals surface area (Å²) in [5, 5.41) is 11.2. The highest BCUT2D eigenvalue weighted by atomic mass is 127. The Bertz CT molecular complexity index is 286. The quantitative estimate of drug-likeness (QED) is 0.276. The summed E-state index contributed by atoms with van der Waals surface area (Å²) in [6, 6.07) is 3.73. The highest BCUT2D eigenvalue weighted by Gasteiger charge is 1.96. The molecule has 1 aromatic rings. The molecule has 1 rings (SSSR count). The monoisotopic (exact) mass is 262 g/mol. The fourth-order valence-corrected chi connectivity index (χ4v) is 1.28. The van der Waals surface area contributed by atoms with Crippen molar-refractivity contribution >= 4 is 28.8 Å². The Morgan fingerprint density at radius 2 is 2.36 bits per heavy atom. The lowest BCUT2D eigenvalue weighted by atomic mass is 10.2. The molecule has 0 aromatic carbocycles. The van der Waals surface area contributed by atoms with Gasteiger partial charge in [0.1, 0.15) is 3.70 Å². The Labute approximate surface area is 78.3 Å². The maximum Gasteiger partial charge on any atom is 0.101 e. The third-order valence-electron chi connectivity index (χ3n) is 1.29. The first-order valence-electron chi connectivity index (χ1n) is 3.04. The van der Waals surface area contributed by atoms with Crippen molar-refractivity contribution in [2.24, 2.45) is 5.16 Å². The maximum atomic E-state index is 8.25. The average molecular weight is 262 g/mol. The van der Waals surface area contributed by atoms with Crippen molar-refractivity contribution in [3.63, 3.8) is 0 Å². The summed E-state index contributed by atoms with van der Waals surface area (Å²) in [5.41, 5.74) is 1.71. The number of aryl methyl sites for hydroxylation is 1. The summed E-state index contributed by atoms with van der Waals surface area (Å²) >= 11 is 2.13. The Morgan fingerprint density at radius 3 is 2.91 bits per heavy atom. The zero-order valence-electron chi connectivity index (χ0n) is 5.95. The predicted octanol–water partition coefficient (Wildman–Crippen LogP) is 1.80. The number of nitrogens with zero attached hydrogens (tertiary/aromatic N) is 2. The molecule has 0 saturated carbocycles. The number of halogens is 1. The summed E-state index contributed by atoms with van der Waals surface area (Å²) in [7, 11) is 0. The standard InChI is InChI=1S/C7H7IN2O/c1-5-6(4-9-11)2-3-7(8)10-5/h2-4,11H,1H3/b9-4-. The summed E-state index contributed by atoms with van der Waals surface area (Å²) in [5.74, 6) is 0.